The number of nitrogens with one attached hydrogen (secondary N) is 2. The summed E-state index contributed by atoms with van der Waals surface area (Å²) >= 11 is 12.2. The molecule has 0 aliphatic heterocycles. The Hall–Kier alpha value is -3.02. The fourth-order valence-corrected chi connectivity index (χ4v) is 3.13. The van der Waals surface area contributed by atoms with E-state index >= 15 is 0 Å². The number of para-hydroxylation sites is 1. The van der Waals surface area contributed by atoms with Gasteiger partial charge < -0.3 is 15.4 Å². The first-order valence-corrected chi connectivity index (χ1v) is 9.57. The predicted molar refractivity (Wildman–Crippen MR) is 116 cm³/mol. The fourth-order valence-electron chi connectivity index (χ4n) is 2.60. The number of carbonyl (C=O) groups is 2. The molecule has 0 spiro atoms. The maximum absolute atomic E-state index is 12.3. The molecule has 0 fully saturated rings. The van der Waals surface area contributed by atoms with Gasteiger partial charge in [0, 0.05) is 27.5 Å². The average molecular weight is 429 g/mol. The number of ether oxygens (including phenoxy) is 1. The minimum Gasteiger partial charge on any atom is -0.484 e. The molecule has 148 valence electrons. The number of benzene rings is 3. The molecule has 3 rings (SSSR count). The first kappa shape index (κ1) is 20.7. The second kappa shape index (κ2) is 9.96. The molecule has 0 radical (unpaired) electrons. The lowest BCUT2D eigenvalue weighted by molar-refractivity contribution is -0.118. The van der Waals surface area contributed by atoms with Gasteiger partial charge in [0.2, 0.25) is 5.91 Å². The van der Waals surface area contributed by atoms with Gasteiger partial charge in [0.15, 0.2) is 6.61 Å². The van der Waals surface area contributed by atoms with E-state index in [0.717, 1.165) is 0 Å². The molecule has 0 aliphatic carbocycles. The highest BCUT2D eigenvalue weighted by atomic mass is 35.5. The van der Waals surface area contributed by atoms with Crippen molar-refractivity contribution in [3.05, 3.63) is 88.4 Å². The summed E-state index contributed by atoms with van der Waals surface area (Å²) in [5.41, 5.74) is 1.80. The SMILES string of the molecule is O=C(COc1cccc(NC(=O)Cc2c(Cl)cccc2Cl)c1)Nc1ccccc1. The van der Waals surface area contributed by atoms with Crippen molar-refractivity contribution < 1.29 is 14.3 Å². The zero-order valence-corrected chi connectivity index (χ0v) is 16.8. The summed E-state index contributed by atoms with van der Waals surface area (Å²) in [6.07, 6.45) is 0.0447. The second-order valence-electron chi connectivity index (χ2n) is 6.16. The monoisotopic (exact) mass is 428 g/mol. The zero-order valence-electron chi connectivity index (χ0n) is 15.3. The zero-order chi connectivity index (χ0) is 20.6. The van der Waals surface area contributed by atoms with E-state index in [-0.39, 0.29) is 24.8 Å². The van der Waals surface area contributed by atoms with Crippen LogP contribution in [-0.4, -0.2) is 18.4 Å². The summed E-state index contributed by atoms with van der Waals surface area (Å²) < 4.78 is 5.51. The van der Waals surface area contributed by atoms with Crippen molar-refractivity contribution in [3.63, 3.8) is 0 Å². The molecule has 3 aromatic carbocycles. The van der Waals surface area contributed by atoms with E-state index in [1.165, 1.54) is 0 Å². The summed E-state index contributed by atoms with van der Waals surface area (Å²) in [4.78, 5) is 24.3. The Kier molecular flexibility index (Phi) is 7.11. The summed E-state index contributed by atoms with van der Waals surface area (Å²) in [6.45, 7) is -0.151. The highest BCUT2D eigenvalue weighted by molar-refractivity contribution is 6.36. The van der Waals surface area contributed by atoms with Gasteiger partial charge in [-0.05, 0) is 42.0 Å². The predicted octanol–water partition coefficient (Wildman–Crippen LogP) is 5.19. The first-order chi connectivity index (χ1) is 14.0. The third-order valence-electron chi connectivity index (χ3n) is 3.94. The van der Waals surface area contributed by atoms with Crippen molar-refractivity contribution in [3.8, 4) is 5.75 Å². The number of carbonyl (C=O) groups excluding carboxylic acids is 2. The highest BCUT2D eigenvalue weighted by Crippen LogP contribution is 2.25. The summed E-state index contributed by atoms with van der Waals surface area (Å²) in [7, 11) is 0. The Labute approximate surface area is 178 Å². The molecule has 3 aromatic rings. The smallest absolute Gasteiger partial charge is 0.262 e. The molecule has 7 heteroatoms. The lowest BCUT2D eigenvalue weighted by Crippen LogP contribution is -2.20. The van der Waals surface area contributed by atoms with Crippen molar-refractivity contribution in [1.29, 1.82) is 0 Å². The number of halogens is 2. The highest BCUT2D eigenvalue weighted by Gasteiger charge is 2.11. The Morgan fingerprint density at radius 1 is 0.759 bits per heavy atom. The molecular formula is C22H18Cl2N2O3. The van der Waals surface area contributed by atoms with Gasteiger partial charge in [0.25, 0.3) is 5.91 Å². The molecule has 0 bridgehead atoms. The van der Waals surface area contributed by atoms with Crippen LogP contribution in [0, 0.1) is 0 Å². The van der Waals surface area contributed by atoms with E-state index in [4.69, 9.17) is 27.9 Å². The van der Waals surface area contributed by atoms with Crippen LogP contribution >= 0.6 is 23.2 Å². The number of hydrogen-bond acceptors (Lipinski definition) is 3. The van der Waals surface area contributed by atoms with E-state index in [2.05, 4.69) is 10.6 Å². The van der Waals surface area contributed by atoms with Crippen molar-refractivity contribution in [2.45, 2.75) is 6.42 Å². The number of anilines is 2. The quantitative estimate of drug-likeness (QED) is 0.543. The van der Waals surface area contributed by atoms with Gasteiger partial charge >= 0.3 is 0 Å². The maximum Gasteiger partial charge on any atom is 0.262 e. The van der Waals surface area contributed by atoms with Gasteiger partial charge in [0.05, 0.1) is 6.42 Å². The average Bonchev–Trinajstić information content (AvgIpc) is 2.70. The van der Waals surface area contributed by atoms with E-state index < -0.39 is 0 Å². The topological polar surface area (TPSA) is 67.4 Å². The largest absolute Gasteiger partial charge is 0.484 e. The third-order valence-corrected chi connectivity index (χ3v) is 4.65. The van der Waals surface area contributed by atoms with Gasteiger partial charge in [0.1, 0.15) is 5.75 Å². The Balaban J connectivity index is 1.55. The lowest BCUT2D eigenvalue weighted by Gasteiger charge is -2.11. The molecule has 29 heavy (non-hydrogen) atoms. The molecule has 5 nitrogen and oxygen atoms in total. The van der Waals surface area contributed by atoms with Crippen LogP contribution in [0.2, 0.25) is 10.0 Å². The molecule has 2 amide bonds. The number of amides is 2. The van der Waals surface area contributed by atoms with E-state index in [0.29, 0.717) is 32.7 Å². The van der Waals surface area contributed by atoms with Crippen LogP contribution in [0.1, 0.15) is 5.56 Å². The van der Waals surface area contributed by atoms with Crippen molar-refractivity contribution >= 4 is 46.4 Å². The Morgan fingerprint density at radius 3 is 2.10 bits per heavy atom. The van der Waals surface area contributed by atoms with Crippen LogP contribution in [0.4, 0.5) is 11.4 Å². The van der Waals surface area contributed by atoms with Crippen LogP contribution in [0.15, 0.2) is 72.8 Å². The van der Waals surface area contributed by atoms with Crippen LogP contribution in [-0.2, 0) is 16.0 Å². The van der Waals surface area contributed by atoms with Gasteiger partial charge in [-0.1, -0.05) is 53.5 Å². The third kappa shape index (κ3) is 6.24. The summed E-state index contributed by atoms with van der Waals surface area (Å²) in [6, 6.07) is 21.0. The fraction of sp³-hybridized carbons (Fsp3) is 0.0909. The van der Waals surface area contributed by atoms with Gasteiger partial charge in [-0.15, -0.1) is 0 Å². The van der Waals surface area contributed by atoms with Crippen LogP contribution in [0.25, 0.3) is 0 Å². The normalized spacial score (nSPS) is 10.3. The van der Waals surface area contributed by atoms with Gasteiger partial charge in [-0.3, -0.25) is 9.59 Å². The van der Waals surface area contributed by atoms with E-state index in [9.17, 15) is 9.59 Å². The molecule has 0 saturated heterocycles. The Morgan fingerprint density at radius 2 is 1.38 bits per heavy atom. The lowest BCUT2D eigenvalue weighted by atomic mass is 10.1. The van der Waals surface area contributed by atoms with Crippen molar-refractivity contribution in [2.75, 3.05) is 17.2 Å². The van der Waals surface area contributed by atoms with Gasteiger partial charge in [-0.25, -0.2) is 0 Å². The van der Waals surface area contributed by atoms with Crippen molar-refractivity contribution in [2.24, 2.45) is 0 Å². The Bertz CT molecular complexity index is 990. The molecule has 0 aromatic heterocycles. The molecule has 0 unspecified atom stereocenters. The van der Waals surface area contributed by atoms with Crippen LogP contribution in [0.3, 0.4) is 0 Å². The number of hydrogen-bond donors (Lipinski definition) is 2. The summed E-state index contributed by atoms with van der Waals surface area (Å²) in [5.74, 6) is -0.0836. The standard InChI is InChI=1S/C22H18Cl2N2O3/c23-19-10-5-11-20(24)18(19)13-21(27)26-16-8-4-9-17(12-16)29-14-22(28)25-15-6-2-1-3-7-15/h1-12H,13-14H2,(H,25,28)(H,26,27). The van der Waals surface area contributed by atoms with E-state index in [1.807, 2.05) is 18.2 Å². The molecule has 0 heterocycles. The maximum atomic E-state index is 12.3. The van der Waals surface area contributed by atoms with Crippen LogP contribution in [0.5, 0.6) is 5.75 Å². The first-order valence-electron chi connectivity index (χ1n) is 8.82. The minimum atomic E-state index is -0.279. The molecule has 2 N–H and O–H groups in total. The minimum absolute atomic E-state index is 0.0447. The van der Waals surface area contributed by atoms with Gasteiger partial charge in [-0.2, -0.15) is 0 Å². The number of rotatable bonds is 7. The molecule has 0 aliphatic rings. The molecule has 0 saturated carbocycles. The molecule has 0 atom stereocenters. The summed E-state index contributed by atoms with van der Waals surface area (Å²) in [5, 5.41) is 6.39. The molecular weight excluding hydrogens is 411 g/mol. The van der Waals surface area contributed by atoms with Crippen LogP contribution < -0.4 is 15.4 Å². The van der Waals surface area contributed by atoms with Crippen molar-refractivity contribution in [1.82, 2.24) is 0 Å². The second-order valence-corrected chi connectivity index (χ2v) is 6.97. The van der Waals surface area contributed by atoms with E-state index in [1.54, 1.807) is 54.6 Å².